The number of nitro groups is 1. The Balaban J connectivity index is 3.45. The summed E-state index contributed by atoms with van der Waals surface area (Å²) in [6.07, 6.45) is -2.27. The molecular weight excluding hydrogens is 264 g/mol. The zero-order valence-corrected chi connectivity index (χ0v) is 8.16. The zero-order valence-electron chi connectivity index (χ0n) is 6.58. The number of nitrogens with two attached hydrogens (primary N) is 1. The molecule has 1 aromatic rings. The largest absolute Gasteiger partial charge is 0.383 e. The van der Waals surface area contributed by atoms with Gasteiger partial charge >= 0.3 is 0 Å². The second-order valence-corrected chi connectivity index (χ2v) is 3.11. The summed E-state index contributed by atoms with van der Waals surface area (Å²) >= 11 is 2.73. The summed E-state index contributed by atoms with van der Waals surface area (Å²) < 4.78 is 24.6. The smallest absolute Gasteiger partial charge is 0.297 e. The van der Waals surface area contributed by atoms with Crippen LogP contribution in [-0.2, 0) is 0 Å². The van der Waals surface area contributed by atoms with Crippen LogP contribution in [0, 0.1) is 10.1 Å². The fourth-order valence-corrected chi connectivity index (χ4v) is 1.34. The van der Waals surface area contributed by atoms with Crippen LogP contribution < -0.4 is 5.73 Å². The highest BCUT2D eigenvalue weighted by atomic mass is 79.9. The molecule has 1 aromatic heterocycles. The summed E-state index contributed by atoms with van der Waals surface area (Å²) in [6.45, 7) is 0. The number of anilines is 1. The van der Waals surface area contributed by atoms with Gasteiger partial charge in [0.05, 0.1) is 9.40 Å². The highest BCUT2D eigenvalue weighted by Gasteiger charge is 2.26. The van der Waals surface area contributed by atoms with Gasteiger partial charge in [0.15, 0.2) is 0 Å². The molecule has 0 radical (unpaired) electrons. The van der Waals surface area contributed by atoms with Crippen molar-refractivity contribution in [3.05, 3.63) is 26.3 Å². The standard InChI is InChI=1S/C6H4BrF2N3O2/c7-4-3(5(8)9)2(12(13)14)1-11-6(4)10/h1,5H,(H2,10,11). The number of hydrogen-bond acceptors (Lipinski definition) is 4. The Hall–Kier alpha value is -1.31. The number of alkyl halides is 2. The van der Waals surface area contributed by atoms with E-state index >= 15 is 0 Å². The first-order chi connectivity index (χ1) is 6.45. The Bertz CT molecular complexity index is 386. The monoisotopic (exact) mass is 267 g/mol. The molecule has 8 heteroatoms. The number of nitrogens with zero attached hydrogens (tertiary/aromatic N) is 2. The first-order valence-electron chi connectivity index (χ1n) is 3.31. The lowest BCUT2D eigenvalue weighted by atomic mass is 10.2. The van der Waals surface area contributed by atoms with E-state index in [4.69, 9.17) is 5.73 Å². The summed E-state index contributed by atoms with van der Waals surface area (Å²) in [4.78, 5) is 12.8. The Kier molecular flexibility index (Phi) is 2.94. The Morgan fingerprint density at radius 1 is 1.64 bits per heavy atom. The molecule has 14 heavy (non-hydrogen) atoms. The average Bonchev–Trinajstić information content (AvgIpc) is 2.08. The summed E-state index contributed by atoms with van der Waals surface area (Å²) in [6, 6.07) is 0. The number of rotatable bonds is 2. The molecule has 0 saturated carbocycles. The molecule has 2 N–H and O–H groups in total. The molecule has 0 bridgehead atoms. The number of aromatic nitrogens is 1. The molecule has 0 amide bonds. The molecule has 0 aromatic carbocycles. The topological polar surface area (TPSA) is 82.0 Å². The summed E-state index contributed by atoms with van der Waals surface area (Å²) in [5, 5.41) is 10.4. The minimum absolute atomic E-state index is 0.203. The van der Waals surface area contributed by atoms with Crippen molar-refractivity contribution in [2.75, 3.05) is 5.73 Å². The van der Waals surface area contributed by atoms with Gasteiger partial charge in [-0.2, -0.15) is 0 Å². The molecule has 0 spiro atoms. The lowest BCUT2D eigenvalue weighted by molar-refractivity contribution is -0.386. The van der Waals surface area contributed by atoms with E-state index in [0.29, 0.717) is 6.20 Å². The Morgan fingerprint density at radius 2 is 2.21 bits per heavy atom. The van der Waals surface area contributed by atoms with Crippen molar-refractivity contribution in [2.45, 2.75) is 6.43 Å². The van der Waals surface area contributed by atoms with Gasteiger partial charge in [0.1, 0.15) is 17.6 Å². The maximum Gasteiger partial charge on any atom is 0.297 e. The molecule has 1 rings (SSSR count). The molecule has 0 fully saturated rings. The predicted molar refractivity (Wildman–Crippen MR) is 48.0 cm³/mol. The summed E-state index contributed by atoms with van der Waals surface area (Å²) in [5.74, 6) is -0.203. The van der Waals surface area contributed by atoms with Crippen LogP contribution in [0.3, 0.4) is 0 Å². The van der Waals surface area contributed by atoms with Gasteiger partial charge < -0.3 is 5.73 Å². The minimum Gasteiger partial charge on any atom is -0.383 e. The second-order valence-electron chi connectivity index (χ2n) is 2.31. The zero-order chi connectivity index (χ0) is 10.9. The van der Waals surface area contributed by atoms with E-state index in [2.05, 4.69) is 20.9 Å². The van der Waals surface area contributed by atoms with E-state index in [0.717, 1.165) is 0 Å². The van der Waals surface area contributed by atoms with Crippen molar-refractivity contribution in [3.63, 3.8) is 0 Å². The molecule has 0 aliphatic heterocycles. The first kappa shape index (κ1) is 10.8. The molecule has 5 nitrogen and oxygen atoms in total. The first-order valence-corrected chi connectivity index (χ1v) is 4.11. The fraction of sp³-hybridized carbons (Fsp3) is 0.167. The molecule has 76 valence electrons. The number of halogens is 3. The van der Waals surface area contributed by atoms with Crippen LogP contribution in [0.25, 0.3) is 0 Å². The van der Waals surface area contributed by atoms with Gasteiger partial charge in [-0.15, -0.1) is 0 Å². The highest BCUT2D eigenvalue weighted by Crippen LogP contribution is 2.36. The van der Waals surface area contributed by atoms with Gasteiger partial charge in [0.25, 0.3) is 12.1 Å². The van der Waals surface area contributed by atoms with Crippen LogP contribution in [0.2, 0.25) is 0 Å². The normalized spacial score (nSPS) is 10.6. The quantitative estimate of drug-likeness (QED) is 0.658. The Morgan fingerprint density at radius 3 is 2.64 bits per heavy atom. The van der Waals surface area contributed by atoms with Gasteiger partial charge in [-0.3, -0.25) is 10.1 Å². The molecule has 0 aliphatic rings. The van der Waals surface area contributed by atoms with Gasteiger partial charge in [0.2, 0.25) is 0 Å². The second kappa shape index (κ2) is 3.82. The van der Waals surface area contributed by atoms with Crippen LogP contribution in [0.1, 0.15) is 12.0 Å². The van der Waals surface area contributed by atoms with Crippen LogP contribution in [0.4, 0.5) is 20.3 Å². The number of nitrogen functional groups attached to an aromatic ring is 1. The Labute approximate surface area is 85.2 Å². The highest BCUT2D eigenvalue weighted by molar-refractivity contribution is 9.10. The lowest BCUT2D eigenvalue weighted by Gasteiger charge is -2.05. The van der Waals surface area contributed by atoms with Crippen molar-refractivity contribution in [3.8, 4) is 0 Å². The third kappa shape index (κ3) is 1.79. The third-order valence-electron chi connectivity index (χ3n) is 1.48. The van der Waals surface area contributed by atoms with Crippen molar-refractivity contribution in [1.29, 1.82) is 0 Å². The van der Waals surface area contributed by atoms with Gasteiger partial charge in [-0.1, -0.05) is 0 Å². The molecular formula is C6H4BrF2N3O2. The van der Waals surface area contributed by atoms with Crippen molar-refractivity contribution in [1.82, 2.24) is 4.98 Å². The van der Waals surface area contributed by atoms with Crippen LogP contribution in [0.15, 0.2) is 10.7 Å². The molecule has 0 unspecified atom stereocenters. The van der Waals surface area contributed by atoms with E-state index in [1.165, 1.54) is 0 Å². The molecule has 1 heterocycles. The van der Waals surface area contributed by atoms with E-state index in [1.807, 2.05) is 0 Å². The summed E-state index contributed by atoms with van der Waals surface area (Å²) in [5.41, 5.74) is 3.72. The van der Waals surface area contributed by atoms with Crippen LogP contribution in [0.5, 0.6) is 0 Å². The van der Waals surface area contributed by atoms with Crippen molar-refractivity contribution in [2.24, 2.45) is 0 Å². The van der Waals surface area contributed by atoms with E-state index in [-0.39, 0.29) is 10.3 Å². The summed E-state index contributed by atoms with van der Waals surface area (Å²) in [7, 11) is 0. The predicted octanol–water partition coefficient (Wildman–Crippen LogP) is 2.27. The fourth-order valence-electron chi connectivity index (χ4n) is 0.860. The minimum atomic E-state index is -2.98. The SMILES string of the molecule is Nc1ncc([N+](=O)[O-])c(C(F)F)c1Br. The van der Waals surface area contributed by atoms with Crippen LogP contribution >= 0.6 is 15.9 Å². The third-order valence-corrected chi connectivity index (χ3v) is 2.31. The van der Waals surface area contributed by atoms with Crippen LogP contribution in [-0.4, -0.2) is 9.91 Å². The molecule has 0 atom stereocenters. The van der Waals surface area contributed by atoms with Crippen molar-refractivity contribution < 1.29 is 13.7 Å². The molecule has 0 saturated heterocycles. The number of pyridine rings is 1. The van der Waals surface area contributed by atoms with Gasteiger partial charge in [-0.25, -0.2) is 13.8 Å². The average molecular weight is 268 g/mol. The van der Waals surface area contributed by atoms with Crippen molar-refractivity contribution >= 4 is 27.4 Å². The van der Waals surface area contributed by atoms with E-state index < -0.39 is 22.6 Å². The maximum absolute atomic E-state index is 12.4. The molecule has 0 aliphatic carbocycles. The lowest BCUT2D eigenvalue weighted by Crippen LogP contribution is -2.02. The number of hydrogen-bond donors (Lipinski definition) is 1. The maximum atomic E-state index is 12.4. The van der Waals surface area contributed by atoms with E-state index in [9.17, 15) is 18.9 Å². The van der Waals surface area contributed by atoms with E-state index in [1.54, 1.807) is 0 Å². The van der Waals surface area contributed by atoms with Gasteiger partial charge in [-0.05, 0) is 15.9 Å². The van der Waals surface area contributed by atoms with Gasteiger partial charge in [0, 0.05) is 0 Å².